The molecule has 0 bridgehead atoms. The third kappa shape index (κ3) is 6.22. The Labute approximate surface area is 210 Å². The van der Waals surface area contributed by atoms with Crippen LogP contribution in [-0.2, 0) is 9.53 Å². The number of thioether (sulfide) groups is 1. The Morgan fingerprint density at radius 2 is 1.83 bits per heavy atom. The number of carbonyl (C=O) groups excluding carboxylic acids is 2. The molecule has 3 heterocycles. The maximum atomic E-state index is 13.0. The van der Waals surface area contributed by atoms with E-state index < -0.39 is 0 Å². The molecule has 1 aromatic carbocycles. The maximum absolute atomic E-state index is 13.0. The zero-order valence-corrected chi connectivity index (χ0v) is 21.3. The molecule has 1 aliphatic rings. The average Bonchev–Trinajstić information content (AvgIpc) is 3.18. The molecule has 3 aromatic rings. The Bertz CT molecular complexity index is 1160. The summed E-state index contributed by atoms with van der Waals surface area (Å²) < 4.78 is 7.06. The molecular formula is C26H31N5O3S. The fraction of sp³-hybridized carbons (Fsp3) is 0.385. The van der Waals surface area contributed by atoms with Crippen molar-refractivity contribution in [1.82, 2.24) is 19.4 Å². The zero-order valence-electron chi connectivity index (χ0n) is 20.4. The first-order valence-electron chi connectivity index (χ1n) is 11.9. The molecule has 1 fully saturated rings. The molecule has 1 saturated heterocycles. The maximum Gasteiger partial charge on any atom is 0.339 e. The van der Waals surface area contributed by atoms with Crippen LogP contribution in [0.25, 0.3) is 5.69 Å². The number of hydrogen-bond acceptors (Lipinski definition) is 7. The Hall–Kier alpha value is -3.33. The van der Waals surface area contributed by atoms with Crippen LogP contribution in [0.3, 0.4) is 0 Å². The van der Waals surface area contributed by atoms with Gasteiger partial charge in [0.15, 0.2) is 5.16 Å². The Morgan fingerprint density at radius 1 is 1.03 bits per heavy atom. The van der Waals surface area contributed by atoms with Gasteiger partial charge < -0.3 is 14.5 Å². The number of amides is 1. The quantitative estimate of drug-likeness (QED) is 0.365. The van der Waals surface area contributed by atoms with E-state index in [2.05, 4.69) is 46.9 Å². The van der Waals surface area contributed by atoms with E-state index >= 15 is 0 Å². The molecule has 1 amide bonds. The first-order chi connectivity index (χ1) is 16.9. The van der Waals surface area contributed by atoms with Gasteiger partial charge in [0, 0.05) is 50.5 Å². The number of carbonyl (C=O) groups is 2. The number of aromatic nitrogens is 3. The summed E-state index contributed by atoms with van der Waals surface area (Å²) in [6, 6.07) is 9.97. The lowest BCUT2D eigenvalue weighted by atomic mass is 10.1. The van der Waals surface area contributed by atoms with Gasteiger partial charge in [-0.05, 0) is 62.6 Å². The van der Waals surface area contributed by atoms with Crippen molar-refractivity contribution >= 4 is 29.5 Å². The third-order valence-electron chi connectivity index (χ3n) is 5.85. The number of anilines is 1. The molecule has 35 heavy (non-hydrogen) atoms. The van der Waals surface area contributed by atoms with Crippen molar-refractivity contribution < 1.29 is 14.3 Å². The number of rotatable bonds is 7. The lowest BCUT2D eigenvalue weighted by Crippen LogP contribution is -2.36. The summed E-state index contributed by atoms with van der Waals surface area (Å²) >= 11 is 1.47. The number of esters is 1. The van der Waals surface area contributed by atoms with Crippen LogP contribution in [0, 0.1) is 13.8 Å². The van der Waals surface area contributed by atoms with Crippen molar-refractivity contribution in [1.29, 1.82) is 0 Å². The van der Waals surface area contributed by atoms with Gasteiger partial charge in [-0.25, -0.2) is 14.8 Å². The number of ether oxygens (including phenoxy) is 1. The van der Waals surface area contributed by atoms with Gasteiger partial charge in [0.25, 0.3) is 0 Å². The van der Waals surface area contributed by atoms with Gasteiger partial charge in [0.2, 0.25) is 5.91 Å². The Balaban J connectivity index is 1.33. The number of aryl methyl sites for hydroxylation is 2. The highest BCUT2D eigenvalue weighted by atomic mass is 32.2. The summed E-state index contributed by atoms with van der Waals surface area (Å²) in [5, 5.41) is 0.811. The Morgan fingerprint density at radius 3 is 2.54 bits per heavy atom. The number of imidazole rings is 1. The fourth-order valence-electron chi connectivity index (χ4n) is 4.20. The molecule has 8 nitrogen and oxygen atoms in total. The van der Waals surface area contributed by atoms with E-state index in [0.29, 0.717) is 37.6 Å². The largest absolute Gasteiger partial charge is 0.462 e. The van der Waals surface area contributed by atoms with Crippen LogP contribution < -0.4 is 4.90 Å². The average molecular weight is 494 g/mol. The monoisotopic (exact) mass is 493 g/mol. The fourth-order valence-corrected chi connectivity index (χ4v) is 5.08. The van der Waals surface area contributed by atoms with E-state index in [1.54, 1.807) is 25.4 Å². The van der Waals surface area contributed by atoms with Crippen LogP contribution in [0.2, 0.25) is 0 Å². The lowest BCUT2D eigenvalue weighted by molar-refractivity contribution is -0.128. The van der Waals surface area contributed by atoms with Crippen molar-refractivity contribution in [2.24, 2.45) is 0 Å². The van der Waals surface area contributed by atoms with E-state index in [1.165, 1.54) is 22.9 Å². The van der Waals surface area contributed by atoms with Gasteiger partial charge in [-0.1, -0.05) is 17.8 Å². The van der Waals surface area contributed by atoms with E-state index in [9.17, 15) is 9.59 Å². The summed E-state index contributed by atoms with van der Waals surface area (Å²) in [6.45, 7) is 9.12. The van der Waals surface area contributed by atoms with Crippen LogP contribution >= 0.6 is 11.8 Å². The van der Waals surface area contributed by atoms with Crippen LogP contribution in [-0.4, -0.2) is 69.9 Å². The van der Waals surface area contributed by atoms with Crippen molar-refractivity contribution in [3.8, 4) is 5.69 Å². The van der Waals surface area contributed by atoms with Crippen molar-refractivity contribution in [3.05, 3.63) is 65.6 Å². The van der Waals surface area contributed by atoms with Gasteiger partial charge in [0.1, 0.15) is 5.82 Å². The predicted octanol–water partition coefficient (Wildman–Crippen LogP) is 3.89. The highest BCUT2D eigenvalue weighted by Gasteiger charge is 2.21. The summed E-state index contributed by atoms with van der Waals surface area (Å²) in [4.78, 5) is 37.9. The minimum absolute atomic E-state index is 0.109. The molecule has 0 atom stereocenters. The minimum Gasteiger partial charge on any atom is -0.462 e. The second kappa shape index (κ2) is 11.4. The molecule has 184 valence electrons. The van der Waals surface area contributed by atoms with E-state index in [1.807, 2.05) is 21.7 Å². The molecule has 1 aliphatic heterocycles. The molecular weight excluding hydrogens is 462 g/mol. The third-order valence-corrected chi connectivity index (χ3v) is 6.80. The van der Waals surface area contributed by atoms with Crippen molar-refractivity contribution in [2.75, 3.05) is 43.4 Å². The molecule has 0 N–H and O–H groups in total. The highest BCUT2D eigenvalue weighted by Crippen LogP contribution is 2.23. The highest BCUT2D eigenvalue weighted by molar-refractivity contribution is 7.99. The van der Waals surface area contributed by atoms with Gasteiger partial charge in [-0.15, -0.1) is 0 Å². The topological polar surface area (TPSA) is 80.6 Å². The van der Waals surface area contributed by atoms with Crippen molar-refractivity contribution in [3.63, 3.8) is 0 Å². The minimum atomic E-state index is -0.366. The molecule has 0 spiro atoms. The second-order valence-corrected chi connectivity index (χ2v) is 9.50. The molecule has 0 saturated carbocycles. The summed E-state index contributed by atoms with van der Waals surface area (Å²) in [5.74, 6) is 0.887. The standard InChI is InChI=1S/C26H31N5O3S/c1-4-34-25(33)21-6-7-23(28-17-21)29-9-5-10-30(13-12-29)24(32)18-35-26-27-8-11-31(26)22-15-19(2)14-20(3)16-22/h6-8,11,14-17H,4-5,9-10,12-13,18H2,1-3H3. The summed E-state index contributed by atoms with van der Waals surface area (Å²) in [6.07, 6.45) is 6.12. The summed E-state index contributed by atoms with van der Waals surface area (Å²) in [7, 11) is 0. The number of pyridine rings is 1. The zero-order chi connectivity index (χ0) is 24.8. The normalized spacial score (nSPS) is 14.0. The van der Waals surface area contributed by atoms with Gasteiger partial charge in [0.05, 0.1) is 17.9 Å². The predicted molar refractivity (Wildman–Crippen MR) is 137 cm³/mol. The lowest BCUT2D eigenvalue weighted by Gasteiger charge is -2.23. The molecule has 2 aromatic heterocycles. The first-order valence-corrected chi connectivity index (χ1v) is 12.8. The second-order valence-electron chi connectivity index (χ2n) is 8.56. The SMILES string of the molecule is CCOC(=O)c1ccc(N2CCCN(C(=O)CSc3nccn3-c3cc(C)cc(C)c3)CC2)nc1. The van der Waals surface area contributed by atoms with Gasteiger partial charge >= 0.3 is 5.97 Å². The molecule has 0 radical (unpaired) electrons. The number of hydrogen-bond donors (Lipinski definition) is 0. The molecule has 9 heteroatoms. The molecule has 4 rings (SSSR count). The van der Waals surface area contributed by atoms with Crippen LogP contribution in [0.5, 0.6) is 0 Å². The van der Waals surface area contributed by atoms with Gasteiger partial charge in [-0.2, -0.15) is 0 Å². The first kappa shape index (κ1) is 24.8. The van der Waals surface area contributed by atoms with E-state index in [4.69, 9.17) is 4.74 Å². The molecule has 0 unspecified atom stereocenters. The number of nitrogens with zero attached hydrogens (tertiary/aromatic N) is 5. The Kier molecular flexibility index (Phi) is 8.07. The van der Waals surface area contributed by atoms with Crippen LogP contribution in [0.4, 0.5) is 5.82 Å². The van der Waals surface area contributed by atoms with E-state index in [-0.39, 0.29) is 11.9 Å². The smallest absolute Gasteiger partial charge is 0.339 e. The molecule has 0 aliphatic carbocycles. The number of benzene rings is 1. The van der Waals surface area contributed by atoms with Crippen LogP contribution in [0.15, 0.2) is 54.1 Å². The van der Waals surface area contributed by atoms with E-state index in [0.717, 1.165) is 29.6 Å². The van der Waals surface area contributed by atoms with Gasteiger partial charge in [-0.3, -0.25) is 9.36 Å². The summed E-state index contributed by atoms with van der Waals surface area (Å²) in [5.41, 5.74) is 3.89. The van der Waals surface area contributed by atoms with Crippen molar-refractivity contribution in [2.45, 2.75) is 32.3 Å². The van der Waals surface area contributed by atoms with Crippen LogP contribution in [0.1, 0.15) is 34.8 Å².